The topological polar surface area (TPSA) is 143 Å². The van der Waals surface area contributed by atoms with Gasteiger partial charge in [-0.15, -0.1) is 0 Å². The number of nitrogens with zero attached hydrogens (tertiary/aromatic N) is 2. The molecule has 2 aliphatic rings. The predicted molar refractivity (Wildman–Crippen MR) is 166 cm³/mol. The summed E-state index contributed by atoms with van der Waals surface area (Å²) in [5.41, 5.74) is 2.92. The average molecular weight is 592 g/mol. The first-order valence-corrected chi connectivity index (χ1v) is 14.7. The van der Waals surface area contributed by atoms with Gasteiger partial charge in [-0.1, -0.05) is 31.2 Å². The molecule has 0 unspecified atom stereocenters. The SMILES string of the molecule is CCCOc1ccccc1N1CCN(CCCNC(=O)Nc2ccc(C3C(C(=O)O)=C(C)NC(C)=C3C(=O)O)cc2)CC1. The van der Waals surface area contributed by atoms with Crippen molar-refractivity contribution in [2.75, 3.05) is 56.1 Å². The third-order valence-corrected chi connectivity index (χ3v) is 7.70. The number of carbonyl (C=O) groups excluding carboxylic acids is 1. The summed E-state index contributed by atoms with van der Waals surface area (Å²) in [5, 5.41) is 28.1. The van der Waals surface area contributed by atoms with Gasteiger partial charge < -0.3 is 35.8 Å². The lowest BCUT2D eigenvalue weighted by Crippen LogP contribution is -2.47. The number of carboxylic acids is 2. The summed E-state index contributed by atoms with van der Waals surface area (Å²) in [5.74, 6) is -2.38. The molecule has 5 N–H and O–H groups in total. The van der Waals surface area contributed by atoms with E-state index in [0.717, 1.165) is 57.0 Å². The molecule has 2 amide bonds. The maximum absolute atomic E-state index is 12.5. The van der Waals surface area contributed by atoms with Crippen LogP contribution in [0.3, 0.4) is 0 Å². The zero-order chi connectivity index (χ0) is 30.9. The van der Waals surface area contributed by atoms with E-state index in [-0.39, 0.29) is 17.2 Å². The minimum Gasteiger partial charge on any atom is -0.491 e. The molecule has 0 aliphatic carbocycles. The standard InChI is InChI=1S/C32H41N5O6/c1-4-20-43-26-9-6-5-8-25(26)37-18-16-36(17-19-37)15-7-14-33-32(42)35-24-12-10-23(11-13-24)29-27(30(38)39)21(2)34-22(3)28(29)31(40)41/h5-6,8-13,29,34H,4,7,14-20H2,1-3H3,(H,38,39)(H,40,41)(H2,33,35,42). The molecule has 2 aromatic carbocycles. The number of ether oxygens (including phenoxy) is 1. The lowest BCUT2D eigenvalue weighted by atomic mass is 9.80. The van der Waals surface area contributed by atoms with E-state index < -0.39 is 17.9 Å². The number of piperazine rings is 1. The molecule has 0 aromatic heterocycles. The zero-order valence-electron chi connectivity index (χ0n) is 25.0. The van der Waals surface area contributed by atoms with E-state index in [1.54, 1.807) is 38.1 Å². The van der Waals surface area contributed by atoms with Gasteiger partial charge >= 0.3 is 18.0 Å². The molecule has 11 nitrogen and oxygen atoms in total. The molecule has 0 spiro atoms. The maximum Gasteiger partial charge on any atom is 0.334 e. The first-order chi connectivity index (χ1) is 20.7. The van der Waals surface area contributed by atoms with Gasteiger partial charge in [-0.05, 0) is 63.1 Å². The molecule has 0 radical (unpaired) electrons. The monoisotopic (exact) mass is 591 g/mol. The Morgan fingerprint density at radius 1 is 0.930 bits per heavy atom. The largest absolute Gasteiger partial charge is 0.491 e. The number of anilines is 2. The summed E-state index contributed by atoms with van der Waals surface area (Å²) in [6.45, 7) is 11.1. The Hall–Kier alpha value is -4.51. The van der Waals surface area contributed by atoms with Crippen molar-refractivity contribution in [2.45, 2.75) is 39.5 Å². The summed E-state index contributed by atoms with van der Waals surface area (Å²) in [6.07, 6.45) is 1.78. The second-order valence-electron chi connectivity index (χ2n) is 10.7. The second-order valence-corrected chi connectivity index (χ2v) is 10.7. The van der Waals surface area contributed by atoms with Gasteiger partial charge in [-0.2, -0.15) is 0 Å². The molecular formula is C32H41N5O6. The van der Waals surface area contributed by atoms with Gasteiger partial charge in [0.05, 0.1) is 29.4 Å². The van der Waals surface area contributed by atoms with E-state index in [1.807, 2.05) is 18.2 Å². The second kappa shape index (κ2) is 14.6. The highest BCUT2D eigenvalue weighted by molar-refractivity contribution is 5.98. The van der Waals surface area contributed by atoms with Gasteiger partial charge in [0.2, 0.25) is 0 Å². The number of hydrogen-bond donors (Lipinski definition) is 5. The molecule has 0 bridgehead atoms. The average Bonchev–Trinajstić information content (AvgIpc) is 2.98. The van der Waals surface area contributed by atoms with Crippen molar-refractivity contribution in [3.05, 3.63) is 76.6 Å². The maximum atomic E-state index is 12.5. The molecule has 0 atom stereocenters. The fourth-order valence-electron chi connectivity index (χ4n) is 5.60. The number of urea groups is 1. The number of nitrogens with one attached hydrogen (secondary N) is 3. The summed E-state index contributed by atoms with van der Waals surface area (Å²) in [6, 6.07) is 14.4. The molecule has 1 saturated heterocycles. The van der Waals surface area contributed by atoms with Crippen LogP contribution in [0.2, 0.25) is 0 Å². The van der Waals surface area contributed by atoms with E-state index in [2.05, 4.69) is 38.7 Å². The van der Waals surface area contributed by atoms with Gasteiger partial charge in [0.15, 0.2) is 0 Å². The lowest BCUT2D eigenvalue weighted by Gasteiger charge is -2.36. The van der Waals surface area contributed by atoms with Crippen molar-refractivity contribution in [3.8, 4) is 5.75 Å². The zero-order valence-corrected chi connectivity index (χ0v) is 25.0. The molecule has 230 valence electrons. The molecule has 0 saturated carbocycles. The molecule has 4 rings (SSSR count). The third kappa shape index (κ3) is 7.86. The highest BCUT2D eigenvalue weighted by Gasteiger charge is 2.36. The molecule has 2 heterocycles. The van der Waals surface area contributed by atoms with E-state index in [1.165, 1.54) is 0 Å². The number of dihydropyridines is 1. The van der Waals surface area contributed by atoms with Crippen molar-refractivity contribution in [1.29, 1.82) is 0 Å². The van der Waals surface area contributed by atoms with Crippen molar-refractivity contribution in [2.24, 2.45) is 0 Å². The minimum atomic E-state index is -1.19. The lowest BCUT2D eigenvalue weighted by molar-refractivity contribution is -0.133. The number of rotatable bonds is 12. The number of carbonyl (C=O) groups is 3. The van der Waals surface area contributed by atoms with Crippen molar-refractivity contribution in [3.63, 3.8) is 0 Å². The Morgan fingerprint density at radius 3 is 2.16 bits per heavy atom. The van der Waals surface area contributed by atoms with Crippen LogP contribution in [0.1, 0.15) is 45.1 Å². The molecular weight excluding hydrogens is 550 g/mol. The van der Waals surface area contributed by atoms with Gasteiger partial charge in [0.25, 0.3) is 0 Å². The number of aliphatic carboxylic acids is 2. The number of carboxylic acid groups (broad SMARTS) is 2. The third-order valence-electron chi connectivity index (χ3n) is 7.70. The van der Waals surface area contributed by atoms with Crippen LogP contribution in [0.15, 0.2) is 71.1 Å². The summed E-state index contributed by atoms with van der Waals surface area (Å²) >= 11 is 0. The highest BCUT2D eigenvalue weighted by atomic mass is 16.5. The fourth-order valence-corrected chi connectivity index (χ4v) is 5.60. The smallest absolute Gasteiger partial charge is 0.334 e. The summed E-state index contributed by atoms with van der Waals surface area (Å²) in [4.78, 5) is 41.2. The predicted octanol–water partition coefficient (Wildman–Crippen LogP) is 4.21. The van der Waals surface area contributed by atoms with Crippen LogP contribution in [0, 0.1) is 0 Å². The van der Waals surface area contributed by atoms with Crippen LogP contribution in [-0.2, 0) is 9.59 Å². The number of hydrogen-bond acceptors (Lipinski definition) is 7. The van der Waals surface area contributed by atoms with Gasteiger partial charge in [-0.25, -0.2) is 14.4 Å². The number of benzene rings is 2. The van der Waals surface area contributed by atoms with Crippen LogP contribution in [0.5, 0.6) is 5.75 Å². The Balaban J connectivity index is 1.23. The van der Waals surface area contributed by atoms with Crippen LogP contribution in [-0.4, -0.2) is 79.0 Å². The Bertz CT molecular complexity index is 1340. The number of amides is 2. The molecule has 43 heavy (non-hydrogen) atoms. The van der Waals surface area contributed by atoms with Crippen LogP contribution >= 0.6 is 0 Å². The molecule has 11 heteroatoms. The summed E-state index contributed by atoms with van der Waals surface area (Å²) < 4.78 is 5.93. The van der Waals surface area contributed by atoms with Gasteiger partial charge in [-0.3, -0.25) is 4.90 Å². The molecule has 1 fully saturated rings. The first kappa shape index (κ1) is 31.4. The molecule has 2 aromatic rings. The van der Waals surface area contributed by atoms with Crippen molar-refractivity contribution >= 4 is 29.3 Å². The van der Waals surface area contributed by atoms with Crippen LogP contribution in [0.25, 0.3) is 0 Å². The summed E-state index contributed by atoms with van der Waals surface area (Å²) in [7, 11) is 0. The van der Waals surface area contributed by atoms with Gasteiger partial charge in [0, 0.05) is 49.8 Å². The Kier molecular flexibility index (Phi) is 10.7. The van der Waals surface area contributed by atoms with E-state index in [4.69, 9.17) is 4.74 Å². The van der Waals surface area contributed by atoms with Crippen LogP contribution in [0.4, 0.5) is 16.2 Å². The Labute approximate surface area is 252 Å². The number of allylic oxidation sites excluding steroid dienone is 2. The minimum absolute atomic E-state index is 0.0197. The van der Waals surface area contributed by atoms with E-state index >= 15 is 0 Å². The normalized spacial score (nSPS) is 16.1. The quantitative estimate of drug-likeness (QED) is 0.229. The Morgan fingerprint density at radius 2 is 1.56 bits per heavy atom. The number of para-hydroxylation sites is 2. The van der Waals surface area contributed by atoms with Gasteiger partial charge in [0.1, 0.15) is 5.75 Å². The van der Waals surface area contributed by atoms with E-state index in [0.29, 0.717) is 35.8 Å². The van der Waals surface area contributed by atoms with Crippen molar-refractivity contribution < 1.29 is 29.3 Å². The highest BCUT2D eigenvalue weighted by Crippen LogP contribution is 2.38. The first-order valence-electron chi connectivity index (χ1n) is 14.7. The van der Waals surface area contributed by atoms with E-state index in [9.17, 15) is 24.6 Å². The van der Waals surface area contributed by atoms with Crippen molar-refractivity contribution in [1.82, 2.24) is 15.5 Å². The molecule has 2 aliphatic heterocycles. The fraction of sp³-hybridized carbons (Fsp3) is 0.406. The van der Waals surface area contributed by atoms with Crippen LogP contribution < -0.4 is 25.6 Å².